The van der Waals surface area contributed by atoms with Gasteiger partial charge in [0.2, 0.25) is 0 Å². The summed E-state index contributed by atoms with van der Waals surface area (Å²) in [6, 6.07) is 10.8. The molecule has 3 aromatic rings. The number of carbonyl (C=O) groups excluding carboxylic acids is 1. The third-order valence-corrected chi connectivity index (χ3v) is 4.44. The summed E-state index contributed by atoms with van der Waals surface area (Å²) in [5.74, 6) is -1.84. The summed E-state index contributed by atoms with van der Waals surface area (Å²) in [5, 5.41) is 20.7. The summed E-state index contributed by atoms with van der Waals surface area (Å²) in [5.41, 5.74) is -0.148. The molecule has 0 aliphatic carbocycles. The average Bonchev–Trinajstić information content (AvgIpc) is 2.63. The maximum absolute atomic E-state index is 12.5. The lowest BCUT2D eigenvalue weighted by Gasteiger charge is -2.18. The minimum atomic E-state index is -0.860. The van der Waals surface area contributed by atoms with E-state index in [0.29, 0.717) is 10.9 Å². The Morgan fingerprint density at radius 3 is 2.65 bits per heavy atom. The monoisotopic (exact) mass is 374 g/mol. The fourth-order valence-corrected chi connectivity index (χ4v) is 3.02. The zero-order chi connectivity index (χ0) is 18.8. The van der Waals surface area contributed by atoms with Gasteiger partial charge in [0, 0.05) is 5.92 Å². The number of hydrogen-bond acceptors (Lipinski definition) is 6. The molecule has 134 valence electrons. The first kappa shape index (κ1) is 17.8. The Bertz CT molecular complexity index is 1040. The van der Waals surface area contributed by atoms with Gasteiger partial charge in [0.05, 0.1) is 29.5 Å². The Hall–Kier alpha value is -2.99. The number of halogens is 1. The first-order chi connectivity index (χ1) is 12.4. The van der Waals surface area contributed by atoms with Crippen LogP contribution in [0, 0.1) is 0 Å². The Kier molecular flexibility index (Phi) is 4.86. The highest BCUT2D eigenvalue weighted by atomic mass is 35.5. The molecule has 26 heavy (non-hydrogen) atoms. The molecular weight excluding hydrogens is 360 g/mol. The van der Waals surface area contributed by atoms with Crippen molar-refractivity contribution in [2.75, 3.05) is 7.11 Å². The third kappa shape index (κ3) is 3.23. The van der Waals surface area contributed by atoms with Crippen LogP contribution >= 0.6 is 11.6 Å². The van der Waals surface area contributed by atoms with Gasteiger partial charge in [0.1, 0.15) is 17.1 Å². The molecule has 0 unspecified atom stereocenters. The Labute approximate surface area is 153 Å². The van der Waals surface area contributed by atoms with E-state index in [2.05, 4.69) is 0 Å². The van der Waals surface area contributed by atoms with Crippen LogP contribution in [0.25, 0.3) is 11.0 Å². The number of carbonyl (C=O) groups is 1. The van der Waals surface area contributed by atoms with Crippen LogP contribution in [0.1, 0.15) is 23.5 Å². The molecule has 0 bridgehead atoms. The molecule has 2 N–H and O–H groups in total. The third-order valence-electron chi connectivity index (χ3n) is 4.14. The molecule has 2 aromatic carbocycles. The van der Waals surface area contributed by atoms with Crippen molar-refractivity contribution in [2.24, 2.45) is 0 Å². The van der Waals surface area contributed by atoms with E-state index in [4.69, 9.17) is 20.8 Å². The molecule has 0 aliphatic heterocycles. The predicted octanol–water partition coefficient (Wildman–Crippen LogP) is 3.55. The molecule has 0 spiro atoms. The van der Waals surface area contributed by atoms with Crippen LogP contribution in [0.15, 0.2) is 51.7 Å². The van der Waals surface area contributed by atoms with E-state index in [9.17, 15) is 19.8 Å². The number of benzene rings is 2. The summed E-state index contributed by atoms with van der Waals surface area (Å²) < 4.78 is 10.0. The van der Waals surface area contributed by atoms with Gasteiger partial charge in [-0.15, -0.1) is 0 Å². The van der Waals surface area contributed by atoms with Crippen molar-refractivity contribution < 1.29 is 24.2 Å². The fourth-order valence-electron chi connectivity index (χ4n) is 2.83. The Balaban J connectivity index is 2.24. The van der Waals surface area contributed by atoms with E-state index < -0.39 is 17.5 Å². The smallest absolute Gasteiger partial charge is 0.343 e. The van der Waals surface area contributed by atoms with Gasteiger partial charge in [-0.25, -0.2) is 4.79 Å². The summed E-state index contributed by atoms with van der Waals surface area (Å²) in [4.78, 5) is 24.4. The molecule has 6 nitrogen and oxygen atoms in total. The van der Waals surface area contributed by atoms with E-state index >= 15 is 0 Å². The van der Waals surface area contributed by atoms with Crippen LogP contribution in [0.3, 0.4) is 0 Å². The molecule has 0 aliphatic rings. The van der Waals surface area contributed by atoms with Crippen molar-refractivity contribution in [3.05, 3.63) is 69.0 Å². The lowest BCUT2D eigenvalue weighted by Crippen LogP contribution is -2.18. The second-order valence-corrected chi connectivity index (χ2v) is 6.10. The number of phenols is 1. The Morgan fingerprint density at radius 1 is 1.23 bits per heavy atom. The molecular formula is C19H15ClO6. The molecule has 0 saturated carbocycles. The molecule has 3 rings (SSSR count). The van der Waals surface area contributed by atoms with Gasteiger partial charge in [0.25, 0.3) is 0 Å². The van der Waals surface area contributed by atoms with Crippen molar-refractivity contribution in [1.29, 1.82) is 0 Å². The topological polar surface area (TPSA) is 97.0 Å². The van der Waals surface area contributed by atoms with Gasteiger partial charge in [0.15, 0.2) is 0 Å². The first-order valence-electron chi connectivity index (χ1n) is 7.72. The minimum Gasteiger partial charge on any atom is -0.507 e. The van der Waals surface area contributed by atoms with Gasteiger partial charge < -0.3 is 19.4 Å². The highest BCUT2D eigenvalue weighted by Crippen LogP contribution is 2.38. The van der Waals surface area contributed by atoms with Crippen molar-refractivity contribution in [1.82, 2.24) is 0 Å². The van der Waals surface area contributed by atoms with E-state index in [1.54, 1.807) is 24.3 Å². The first-order valence-corrected chi connectivity index (χ1v) is 8.10. The van der Waals surface area contributed by atoms with Crippen molar-refractivity contribution >= 4 is 28.5 Å². The molecule has 0 amide bonds. The van der Waals surface area contributed by atoms with E-state index in [1.807, 2.05) is 0 Å². The highest BCUT2D eigenvalue weighted by Gasteiger charge is 2.27. The van der Waals surface area contributed by atoms with Gasteiger partial charge in [-0.05, 0) is 29.8 Å². The standard InChI is InChI=1S/C19H15ClO6/c1-25-16(22)9-12(10-6-7-14(21)13(20)8-10)17-18(23)11-4-2-3-5-15(11)26-19(17)24/h2-8,12,21,23H,9H2,1H3/t12-/m1/s1. The summed E-state index contributed by atoms with van der Waals surface area (Å²) in [6.07, 6.45) is -0.214. The number of hydrogen-bond donors (Lipinski definition) is 2. The van der Waals surface area contributed by atoms with Gasteiger partial charge in [-0.1, -0.05) is 29.8 Å². The van der Waals surface area contributed by atoms with Crippen LogP contribution in [0.2, 0.25) is 5.02 Å². The number of esters is 1. The predicted molar refractivity (Wildman–Crippen MR) is 95.7 cm³/mol. The number of fused-ring (bicyclic) bond motifs is 1. The van der Waals surface area contributed by atoms with Crippen LogP contribution in [0.5, 0.6) is 11.5 Å². The number of phenolic OH excluding ortho intramolecular Hbond substituents is 1. The Morgan fingerprint density at radius 2 is 1.96 bits per heavy atom. The molecule has 1 heterocycles. The molecule has 0 saturated heterocycles. The largest absolute Gasteiger partial charge is 0.507 e. The number of ether oxygens (including phenoxy) is 1. The molecule has 1 aromatic heterocycles. The molecule has 7 heteroatoms. The molecule has 1 atom stereocenters. The maximum Gasteiger partial charge on any atom is 0.343 e. The quantitative estimate of drug-likeness (QED) is 0.535. The van der Waals surface area contributed by atoms with Gasteiger partial charge >= 0.3 is 11.6 Å². The van der Waals surface area contributed by atoms with Gasteiger partial charge in [-0.3, -0.25) is 4.79 Å². The molecule has 0 fully saturated rings. The maximum atomic E-state index is 12.5. The number of aromatic hydroxyl groups is 2. The summed E-state index contributed by atoms with van der Waals surface area (Å²) in [7, 11) is 1.23. The van der Waals surface area contributed by atoms with Crippen molar-refractivity contribution in [2.45, 2.75) is 12.3 Å². The minimum absolute atomic E-state index is 0.0574. The van der Waals surface area contributed by atoms with Crippen LogP contribution in [-0.4, -0.2) is 23.3 Å². The SMILES string of the molecule is COC(=O)C[C@H](c1ccc(O)c(Cl)c1)c1c(O)c2ccccc2oc1=O. The fraction of sp³-hybridized carbons (Fsp3) is 0.158. The number of rotatable bonds is 4. The second-order valence-electron chi connectivity index (χ2n) is 5.69. The molecule has 0 radical (unpaired) electrons. The lowest BCUT2D eigenvalue weighted by atomic mass is 9.88. The van der Waals surface area contributed by atoms with Crippen LogP contribution in [0.4, 0.5) is 0 Å². The van der Waals surface area contributed by atoms with E-state index in [-0.39, 0.29) is 34.1 Å². The highest BCUT2D eigenvalue weighted by molar-refractivity contribution is 6.32. The summed E-state index contributed by atoms with van der Waals surface area (Å²) in [6.45, 7) is 0. The van der Waals surface area contributed by atoms with E-state index in [1.165, 1.54) is 25.3 Å². The van der Waals surface area contributed by atoms with Crippen LogP contribution < -0.4 is 5.63 Å². The second kappa shape index (κ2) is 7.09. The van der Waals surface area contributed by atoms with Crippen LogP contribution in [-0.2, 0) is 9.53 Å². The summed E-state index contributed by atoms with van der Waals surface area (Å²) >= 11 is 5.96. The normalized spacial score (nSPS) is 12.1. The number of methoxy groups -OCH3 is 1. The zero-order valence-corrected chi connectivity index (χ0v) is 14.5. The zero-order valence-electron chi connectivity index (χ0n) is 13.7. The average molecular weight is 375 g/mol. The van der Waals surface area contributed by atoms with Gasteiger partial charge in [-0.2, -0.15) is 0 Å². The lowest BCUT2D eigenvalue weighted by molar-refractivity contribution is -0.140. The van der Waals surface area contributed by atoms with Crippen molar-refractivity contribution in [3.8, 4) is 11.5 Å². The van der Waals surface area contributed by atoms with Crippen molar-refractivity contribution in [3.63, 3.8) is 0 Å². The van der Waals surface area contributed by atoms with E-state index in [0.717, 1.165) is 0 Å². The number of para-hydroxylation sites is 1.